The Kier molecular flexibility index (Phi) is 6.24. The van der Waals surface area contributed by atoms with Crippen LogP contribution in [0.5, 0.6) is 0 Å². The second-order valence-corrected chi connectivity index (χ2v) is 3.33. The maximum atomic E-state index is 11.5. The molecule has 0 bridgehead atoms. The number of nitrogens with zero attached hydrogens (tertiary/aromatic N) is 4. The normalized spacial score (nSPS) is 9.67. The summed E-state index contributed by atoms with van der Waals surface area (Å²) in [6.45, 7) is 2.58. The first-order valence-electron chi connectivity index (χ1n) is 5.28. The van der Waals surface area contributed by atoms with Gasteiger partial charge < -0.3 is 0 Å². The highest BCUT2D eigenvalue weighted by molar-refractivity contribution is 6.34. The fourth-order valence-corrected chi connectivity index (χ4v) is 1.16. The van der Waals surface area contributed by atoms with Gasteiger partial charge >= 0.3 is 11.8 Å². The molecule has 2 amide bonds. The summed E-state index contributed by atoms with van der Waals surface area (Å²) in [6.07, 6.45) is 0.512. The lowest BCUT2D eigenvalue weighted by Gasteiger charge is -2.13. The summed E-state index contributed by atoms with van der Waals surface area (Å²) in [4.78, 5) is 44.1. The third-order valence-electron chi connectivity index (χ3n) is 1.92. The molecule has 0 aromatic carbocycles. The van der Waals surface area contributed by atoms with Crippen molar-refractivity contribution in [3.63, 3.8) is 0 Å². The Morgan fingerprint density at radius 1 is 0.889 bits per heavy atom. The molecule has 0 spiro atoms. The Morgan fingerprint density at radius 2 is 1.17 bits per heavy atom. The summed E-state index contributed by atoms with van der Waals surface area (Å²) in [7, 11) is 0. The highest BCUT2D eigenvalue weighted by Crippen LogP contribution is 2.00. The van der Waals surface area contributed by atoms with Crippen LogP contribution in [0.4, 0.5) is 0 Å². The van der Waals surface area contributed by atoms with Gasteiger partial charge in [-0.3, -0.25) is 9.59 Å². The van der Waals surface area contributed by atoms with Crippen LogP contribution in [0, 0.1) is 20.2 Å². The number of hydrogen-bond acceptors (Lipinski definition) is 6. The molecule has 10 nitrogen and oxygen atoms in total. The molecule has 0 atom stereocenters. The van der Waals surface area contributed by atoms with Gasteiger partial charge in [-0.25, -0.2) is 20.2 Å². The highest BCUT2D eigenvalue weighted by Gasteiger charge is 2.38. The van der Waals surface area contributed by atoms with Crippen LogP contribution in [0.15, 0.2) is 0 Å². The van der Waals surface area contributed by atoms with Crippen molar-refractivity contribution in [1.82, 2.24) is 10.0 Å². The van der Waals surface area contributed by atoms with E-state index in [0.717, 1.165) is 0 Å². The maximum Gasteiger partial charge on any atom is 0.376 e. The Hall–Kier alpha value is -2.26. The molecule has 0 N–H and O–H groups in total. The zero-order valence-electron chi connectivity index (χ0n) is 10.1. The molecule has 0 saturated carbocycles. The van der Waals surface area contributed by atoms with Gasteiger partial charge in [0.05, 0.1) is 13.1 Å². The van der Waals surface area contributed by atoms with Crippen LogP contribution in [-0.4, -0.2) is 45.0 Å². The van der Waals surface area contributed by atoms with Crippen molar-refractivity contribution >= 4 is 11.8 Å². The quantitative estimate of drug-likeness (QED) is 0.372. The van der Waals surface area contributed by atoms with E-state index in [9.17, 15) is 29.8 Å². The van der Waals surface area contributed by atoms with Crippen molar-refractivity contribution in [2.75, 3.05) is 13.1 Å². The van der Waals surface area contributed by atoms with Gasteiger partial charge in [0.15, 0.2) is 10.1 Å². The zero-order chi connectivity index (χ0) is 14.3. The van der Waals surface area contributed by atoms with Gasteiger partial charge in [0.25, 0.3) is 0 Å². The molecule has 0 aromatic rings. The number of hydrogen-bond donors (Lipinski definition) is 0. The Morgan fingerprint density at radius 3 is 1.33 bits per heavy atom. The van der Waals surface area contributed by atoms with E-state index in [-0.39, 0.29) is 35.9 Å². The van der Waals surface area contributed by atoms with E-state index in [1.165, 1.54) is 0 Å². The van der Waals surface area contributed by atoms with Crippen molar-refractivity contribution in [3.05, 3.63) is 20.2 Å². The number of hydrazine groups is 2. The SMILES string of the molecule is CCCN(C(=O)C(=O)N(CCC)[N+](=O)[O-])[N+](=O)[O-]. The second kappa shape index (κ2) is 7.14. The van der Waals surface area contributed by atoms with Gasteiger partial charge in [0, 0.05) is 0 Å². The molecular formula is C8H14N4O6. The Labute approximate surface area is 102 Å². The number of rotatable bonds is 6. The molecule has 102 valence electrons. The number of carbonyl (C=O) groups excluding carboxylic acids is 2. The first kappa shape index (κ1) is 15.7. The maximum absolute atomic E-state index is 11.5. The predicted octanol–water partition coefficient (Wildman–Crippen LogP) is -0.153. The van der Waals surface area contributed by atoms with Crippen molar-refractivity contribution in [1.29, 1.82) is 0 Å². The molecule has 0 aliphatic carbocycles. The molecule has 0 aliphatic rings. The third kappa shape index (κ3) is 3.96. The highest BCUT2D eigenvalue weighted by atomic mass is 16.7. The lowest BCUT2D eigenvalue weighted by atomic mass is 10.4. The molecule has 0 heterocycles. The van der Waals surface area contributed by atoms with Crippen molar-refractivity contribution in [3.8, 4) is 0 Å². The minimum atomic E-state index is -1.51. The molecule has 0 unspecified atom stereocenters. The molecule has 0 aliphatic heterocycles. The summed E-state index contributed by atoms with van der Waals surface area (Å²) in [5, 5.41) is 19.2. The van der Waals surface area contributed by atoms with Crippen molar-refractivity contribution < 1.29 is 19.7 Å². The van der Waals surface area contributed by atoms with E-state index in [1.807, 2.05) is 0 Å². The fraction of sp³-hybridized carbons (Fsp3) is 0.750. The van der Waals surface area contributed by atoms with Crippen LogP contribution in [0.2, 0.25) is 0 Å². The number of nitro groups is 2. The van der Waals surface area contributed by atoms with E-state index in [0.29, 0.717) is 0 Å². The van der Waals surface area contributed by atoms with Crippen LogP contribution in [0.3, 0.4) is 0 Å². The number of carbonyl (C=O) groups is 2. The first-order valence-corrected chi connectivity index (χ1v) is 5.28. The fourth-order valence-electron chi connectivity index (χ4n) is 1.16. The second-order valence-electron chi connectivity index (χ2n) is 3.33. The molecule has 0 radical (unpaired) electrons. The largest absolute Gasteiger partial charge is 0.376 e. The third-order valence-corrected chi connectivity index (χ3v) is 1.92. The first-order chi connectivity index (χ1) is 8.36. The average Bonchev–Trinajstić information content (AvgIpc) is 2.30. The van der Waals surface area contributed by atoms with E-state index < -0.39 is 21.9 Å². The van der Waals surface area contributed by atoms with Crippen LogP contribution >= 0.6 is 0 Å². The average molecular weight is 262 g/mol. The van der Waals surface area contributed by atoms with Crippen LogP contribution in [0.1, 0.15) is 26.7 Å². The molecule has 0 rings (SSSR count). The standard InChI is InChI=1S/C8H14N4O6/c1-3-5-9(11(15)16)7(13)8(14)10(6-4-2)12(17)18/h3-6H2,1-2H3. The van der Waals surface area contributed by atoms with Crippen molar-refractivity contribution in [2.24, 2.45) is 0 Å². The van der Waals surface area contributed by atoms with Crippen LogP contribution < -0.4 is 0 Å². The van der Waals surface area contributed by atoms with Gasteiger partial charge in [-0.1, -0.05) is 13.8 Å². The Balaban J connectivity index is 4.98. The molecule has 18 heavy (non-hydrogen) atoms. The van der Waals surface area contributed by atoms with E-state index >= 15 is 0 Å². The molecule has 0 fully saturated rings. The molecule has 10 heteroatoms. The van der Waals surface area contributed by atoms with E-state index in [4.69, 9.17) is 0 Å². The topological polar surface area (TPSA) is 127 Å². The minimum absolute atomic E-state index is 0.0779. The van der Waals surface area contributed by atoms with Gasteiger partial charge in [-0.15, -0.1) is 0 Å². The van der Waals surface area contributed by atoms with Gasteiger partial charge in [0.1, 0.15) is 0 Å². The van der Waals surface area contributed by atoms with Crippen molar-refractivity contribution in [2.45, 2.75) is 26.7 Å². The zero-order valence-corrected chi connectivity index (χ0v) is 10.1. The predicted molar refractivity (Wildman–Crippen MR) is 58.0 cm³/mol. The molecule has 0 aromatic heterocycles. The molecular weight excluding hydrogens is 248 g/mol. The van der Waals surface area contributed by atoms with Crippen LogP contribution in [-0.2, 0) is 9.59 Å². The van der Waals surface area contributed by atoms with Gasteiger partial charge in [-0.05, 0) is 22.9 Å². The monoisotopic (exact) mass is 262 g/mol. The lowest BCUT2D eigenvalue weighted by Crippen LogP contribution is -2.49. The van der Waals surface area contributed by atoms with E-state index in [1.54, 1.807) is 13.8 Å². The Bertz CT molecular complexity index is 323. The lowest BCUT2D eigenvalue weighted by molar-refractivity contribution is -0.641. The number of amides is 2. The summed E-state index contributed by atoms with van der Waals surface area (Å²) >= 11 is 0. The van der Waals surface area contributed by atoms with Crippen LogP contribution in [0.25, 0.3) is 0 Å². The molecule has 0 saturated heterocycles. The summed E-state index contributed by atoms with van der Waals surface area (Å²) in [6, 6.07) is 0. The summed E-state index contributed by atoms with van der Waals surface area (Å²) in [5.74, 6) is -3.01. The minimum Gasteiger partial charge on any atom is -0.257 e. The van der Waals surface area contributed by atoms with Gasteiger partial charge in [0.2, 0.25) is 0 Å². The van der Waals surface area contributed by atoms with Gasteiger partial charge in [-0.2, -0.15) is 0 Å². The van der Waals surface area contributed by atoms with E-state index in [2.05, 4.69) is 0 Å². The summed E-state index contributed by atoms with van der Waals surface area (Å²) in [5.41, 5.74) is 0. The smallest absolute Gasteiger partial charge is 0.257 e. The summed E-state index contributed by atoms with van der Waals surface area (Å²) < 4.78 is 0.